The van der Waals surface area contributed by atoms with Crippen molar-refractivity contribution < 1.29 is 24.3 Å². The summed E-state index contributed by atoms with van der Waals surface area (Å²) < 4.78 is 0. The minimum absolute atomic E-state index is 0.0964. The Morgan fingerprint density at radius 1 is 1.16 bits per heavy atom. The van der Waals surface area contributed by atoms with Gasteiger partial charge in [0.15, 0.2) is 5.96 Å². The van der Waals surface area contributed by atoms with Crippen molar-refractivity contribution in [1.29, 1.82) is 0 Å². The molecule has 1 heterocycles. The summed E-state index contributed by atoms with van der Waals surface area (Å²) in [5.41, 5.74) is 17.7. The fourth-order valence-electron chi connectivity index (χ4n) is 4.45. The molecule has 5 atom stereocenters. The SMILES string of the molecule is CCC(C)C(NC(=O)C1CCCN1C(=O)C(N)Cc1ccccc1)C(=O)NC(CCCN=C(N)N)C(=O)O. The number of amides is 3. The average molecular weight is 532 g/mol. The lowest BCUT2D eigenvalue weighted by molar-refractivity contribution is -0.143. The van der Waals surface area contributed by atoms with Crippen LogP contribution in [0.25, 0.3) is 0 Å². The minimum Gasteiger partial charge on any atom is -0.480 e. The van der Waals surface area contributed by atoms with E-state index < -0.39 is 42.0 Å². The van der Waals surface area contributed by atoms with Gasteiger partial charge >= 0.3 is 5.97 Å². The van der Waals surface area contributed by atoms with Gasteiger partial charge in [0.05, 0.1) is 6.04 Å². The summed E-state index contributed by atoms with van der Waals surface area (Å²) in [5, 5.41) is 14.9. The third kappa shape index (κ3) is 9.02. The zero-order chi connectivity index (χ0) is 28.2. The average Bonchev–Trinajstić information content (AvgIpc) is 3.38. The van der Waals surface area contributed by atoms with Crippen LogP contribution in [0.4, 0.5) is 0 Å². The molecule has 2 rings (SSSR count). The molecule has 12 nitrogen and oxygen atoms in total. The highest BCUT2D eigenvalue weighted by Crippen LogP contribution is 2.20. The first-order chi connectivity index (χ1) is 18.0. The minimum atomic E-state index is -1.20. The first-order valence-electron chi connectivity index (χ1n) is 13.0. The maximum atomic E-state index is 13.3. The van der Waals surface area contributed by atoms with Gasteiger partial charge in [0, 0.05) is 13.1 Å². The maximum absolute atomic E-state index is 13.3. The lowest BCUT2D eigenvalue weighted by Crippen LogP contribution is -2.58. The Kier molecular flexibility index (Phi) is 12.0. The van der Waals surface area contributed by atoms with Crippen LogP contribution in [0.1, 0.15) is 51.5 Å². The van der Waals surface area contributed by atoms with Gasteiger partial charge in [-0.3, -0.25) is 19.4 Å². The number of nitrogens with zero attached hydrogens (tertiary/aromatic N) is 2. The molecular weight excluding hydrogens is 490 g/mol. The molecule has 0 bridgehead atoms. The predicted octanol–water partition coefficient (Wildman–Crippen LogP) is -0.299. The number of nitrogens with two attached hydrogens (primary N) is 3. The summed E-state index contributed by atoms with van der Waals surface area (Å²) in [7, 11) is 0. The Balaban J connectivity index is 2.06. The Morgan fingerprint density at radius 2 is 1.84 bits per heavy atom. The van der Waals surface area contributed by atoms with Crippen LogP contribution in [0.3, 0.4) is 0 Å². The molecule has 1 saturated heterocycles. The van der Waals surface area contributed by atoms with E-state index in [9.17, 15) is 24.3 Å². The molecule has 1 aromatic rings. The second-order valence-corrected chi connectivity index (χ2v) is 9.71. The number of carboxylic acids is 1. The second-order valence-electron chi connectivity index (χ2n) is 9.71. The Morgan fingerprint density at radius 3 is 2.45 bits per heavy atom. The van der Waals surface area contributed by atoms with E-state index in [1.165, 1.54) is 4.90 Å². The van der Waals surface area contributed by atoms with Crippen LogP contribution in [0, 0.1) is 5.92 Å². The van der Waals surface area contributed by atoms with Crippen LogP contribution in [-0.2, 0) is 25.6 Å². The largest absolute Gasteiger partial charge is 0.480 e. The van der Waals surface area contributed by atoms with Crippen LogP contribution in [-0.4, -0.2) is 76.9 Å². The lowest BCUT2D eigenvalue weighted by Gasteiger charge is -2.30. The first kappa shape index (κ1) is 30.6. The highest BCUT2D eigenvalue weighted by Gasteiger charge is 2.38. The molecule has 0 radical (unpaired) electrons. The van der Waals surface area contributed by atoms with E-state index in [4.69, 9.17) is 17.2 Å². The maximum Gasteiger partial charge on any atom is 0.326 e. The van der Waals surface area contributed by atoms with Crippen molar-refractivity contribution in [3.8, 4) is 0 Å². The van der Waals surface area contributed by atoms with Crippen LogP contribution < -0.4 is 27.8 Å². The number of nitrogens with one attached hydrogen (secondary N) is 2. The van der Waals surface area contributed by atoms with E-state index >= 15 is 0 Å². The molecule has 3 amide bonds. The molecule has 12 heteroatoms. The molecule has 1 aromatic carbocycles. The topological polar surface area (TPSA) is 206 Å². The summed E-state index contributed by atoms with van der Waals surface area (Å²) in [6, 6.07) is 5.73. The highest BCUT2D eigenvalue weighted by atomic mass is 16.4. The van der Waals surface area contributed by atoms with E-state index in [1.807, 2.05) is 37.3 Å². The van der Waals surface area contributed by atoms with Gasteiger partial charge in [0.1, 0.15) is 18.1 Å². The fraction of sp³-hybridized carbons (Fsp3) is 0.577. The van der Waals surface area contributed by atoms with E-state index in [2.05, 4.69) is 15.6 Å². The predicted molar refractivity (Wildman–Crippen MR) is 144 cm³/mol. The zero-order valence-corrected chi connectivity index (χ0v) is 22.1. The van der Waals surface area contributed by atoms with Gasteiger partial charge in [-0.15, -0.1) is 0 Å². The number of carbonyl (C=O) groups excluding carboxylic acids is 3. The van der Waals surface area contributed by atoms with Gasteiger partial charge in [0.2, 0.25) is 17.7 Å². The number of hydrogen-bond acceptors (Lipinski definition) is 6. The van der Waals surface area contributed by atoms with Crippen molar-refractivity contribution in [1.82, 2.24) is 15.5 Å². The monoisotopic (exact) mass is 531 g/mol. The second kappa shape index (κ2) is 14.9. The Hall–Kier alpha value is -3.67. The molecule has 38 heavy (non-hydrogen) atoms. The molecule has 1 aliphatic heterocycles. The van der Waals surface area contributed by atoms with Crippen LogP contribution >= 0.6 is 0 Å². The van der Waals surface area contributed by atoms with Gasteiger partial charge in [0.25, 0.3) is 0 Å². The van der Waals surface area contributed by atoms with Crippen LogP contribution in [0.5, 0.6) is 0 Å². The van der Waals surface area contributed by atoms with Crippen LogP contribution in [0.2, 0.25) is 0 Å². The standard InChI is InChI=1S/C26H41N7O5/c1-3-16(2)21(23(35)31-19(25(37)38)11-7-13-30-26(28)29)32-22(34)20-12-8-14-33(20)24(36)18(27)15-17-9-5-4-6-10-17/h4-6,9-10,16,18-21H,3,7-8,11-15,27H2,1-2H3,(H,31,35)(H,32,34)(H,37,38)(H4,28,29,30). The van der Waals surface area contributed by atoms with Gasteiger partial charge in [-0.05, 0) is 43.6 Å². The quantitative estimate of drug-likeness (QED) is 0.106. The molecule has 5 unspecified atom stereocenters. The zero-order valence-electron chi connectivity index (χ0n) is 22.1. The summed E-state index contributed by atoms with van der Waals surface area (Å²) in [6.45, 7) is 4.29. The smallest absolute Gasteiger partial charge is 0.326 e. The molecule has 0 saturated carbocycles. The Labute approximate surface area is 223 Å². The van der Waals surface area contributed by atoms with Gasteiger partial charge in [-0.1, -0.05) is 50.6 Å². The summed E-state index contributed by atoms with van der Waals surface area (Å²) in [4.78, 5) is 56.6. The van der Waals surface area contributed by atoms with E-state index in [-0.39, 0.29) is 30.8 Å². The number of carbonyl (C=O) groups is 4. The third-order valence-electron chi connectivity index (χ3n) is 6.81. The number of benzene rings is 1. The van der Waals surface area contributed by atoms with Gasteiger partial charge in [-0.2, -0.15) is 0 Å². The third-order valence-corrected chi connectivity index (χ3v) is 6.81. The first-order valence-corrected chi connectivity index (χ1v) is 13.0. The lowest BCUT2D eigenvalue weighted by atomic mass is 9.97. The fourth-order valence-corrected chi connectivity index (χ4v) is 4.45. The van der Waals surface area contributed by atoms with Crippen molar-refractivity contribution in [2.45, 2.75) is 76.5 Å². The van der Waals surface area contributed by atoms with Crippen molar-refractivity contribution in [3.05, 3.63) is 35.9 Å². The molecule has 9 N–H and O–H groups in total. The van der Waals surface area contributed by atoms with E-state index in [1.54, 1.807) is 6.92 Å². The normalized spacial score (nSPS) is 18.1. The van der Waals surface area contributed by atoms with Crippen molar-refractivity contribution >= 4 is 29.7 Å². The van der Waals surface area contributed by atoms with E-state index in [0.29, 0.717) is 38.6 Å². The number of aliphatic carboxylic acids is 1. The van der Waals surface area contributed by atoms with Crippen molar-refractivity contribution in [2.75, 3.05) is 13.1 Å². The highest BCUT2D eigenvalue weighted by molar-refractivity contribution is 5.94. The number of rotatable bonds is 14. The molecule has 0 spiro atoms. The molecular formula is C26H41N7O5. The molecule has 210 valence electrons. The van der Waals surface area contributed by atoms with Gasteiger partial charge < -0.3 is 37.8 Å². The van der Waals surface area contributed by atoms with Crippen LogP contribution in [0.15, 0.2) is 35.3 Å². The summed E-state index contributed by atoms with van der Waals surface area (Å²) in [5.74, 6) is -2.94. The summed E-state index contributed by atoms with van der Waals surface area (Å²) >= 11 is 0. The number of likely N-dealkylation sites (tertiary alicyclic amines) is 1. The number of hydrogen-bond donors (Lipinski definition) is 6. The molecule has 0 aliphatic carbocycles. The van der Waals surface area contributed by atoms with Gasteiger partial charge in [-0.25, -0.2) is 4.79 Å². The summed E-state index contributed by atoms with van der Waals surface area (Å²) in [6.07, 6.45) is 2.46. The number of carboxylic acid groups (broad SMARTS) is 1. The van der Waals surface area contributed by atoms with E-state index in [0.717, 1.165) is 5.56 Å². The molecule has 1 aliphatic rings. The van der Waals surface area contributed by atoms with Crippen molar-refractivity contribution in [2.24, 2.45) is 28.1 Å². The number of aliphatic imine (C=N–C) groups is 1. The number of guanidine groups is 1. The molecule has 1 fully saturated rings. The van der Waals surface area contributed by atoms with Crippen molar-refractivity contribution in [3.63, 3.8) is 0 Å². The molecule has 0 aromatic heterocycles. The Bertz CT molecular complexity index is 983.